The third kappa shape index (κ3) is 4.47. The fourth-order valence-corrected chi connectivity index (χ4v) is 1.58. The number of amides is 1. The number of pyridine rings is 1. The molecule has 0 atom stereocenters. The lowest BCUT2D eigenvalue weighted by Gasteiger charge is -2.24. The summed E-state index contributed by atoms with van der Waals surface area (Å²) in [5.41, 5.74) is 0.683. The molecule has 8 nitrogen and oxygen atoms in total. The Morgan fingerprint density at radius 1 is 1.50 bits per heavy atom. The van der Waals surface area contributed by atoms with Crippen LogP contribution in [-0.2, 0) is 11.3 Å². The van der Waals surface area contributed by atoms with Gasteiger partial charge in [0.2, 0.25) is 5.91 Å². The van der Waals surface area contributed by atoms with E-state index < -0.39 is 5.03 Å². The van der Waals surface area contributed by atoms with E-state index in [1.54, 1.807) is 26.2 Å². The predicted octanol–water partition coefficient (Wildman–Crippen LogP) is 1.19. The molecule has 1 aromatic rings. The van der Waals surface area contributed by atoms with Gasteiger partial charge in [-0.2, -0.15) is 0 Å². The normalized spacial score (nSPS) is 11.1. The Bertz CT molecular complexity index is 529. The number of carbonyl (C=O) groups excluding carboxylic acids is 1. The average molecular weight is 300 g/mol. The van der Waals surface area contributed by atoms with Crippen molar-refractivity contribution in [2.24, 2.45) is 5.10 Å². The lowest BCUT2D eigenvalue weighted by molar-refractivity contribution is -0.486. The Kier molecular flexibility index (Phi) is 5.39. The van der Waals surface area contributed by atoms with Gasteiger partial charge in [-0.05, 0) is 11.6 Å². The number of rotatable bonds is 3. The molecular formula is C11H14ClN5O3. The number of hydrogen-bond donors (Lipinski definition) is 0. The van der Waals surface area contributed by atoms with Crippen molar-refractivity contribution in [3.8, 4) is 0 Å². The number of nitrogens with zero attached hydrogens (tertiary/aromatic N) is 5. The minimum Gasteiger partial charge on any atom is -0.343 e. The van der Waals surface area contributed by atoms with E-state index in [4.69, 9.17) is 11.6 Å². The summed E-state index contributed by atoms with van der Waals surface area (Å²) in [6.07, 6.45) is 1.50. The summed E-state index contributed by atoms with van der Waals surface area (Å²) in [7, 11) is 3.14. The van der Waals surface area contributed by atoms with Crippen LogP contribution in [0, 0.1) is 10.1 Å². The Morgan fingerprint density at radius 3 is 2.55 bits per heavy atom. The minimum absolute atomic E-state index is 0.0579. The molecule has 108 valence electrons. The number of guanidine groups is 1. The van der Waals surface area contributed by atoms with Crippen molar-refractivity contribution in [1.82, 2.24) is 14.8 Å². The van der Waals surface area contributed by atoms with Gasteiger partial charge in [0.1, 0.15) is 10.3 Å². The molecule has 0 saturated carbocycles. The second-order valence-electron chi connectivity index (χ2n) is 4.13. The van der Waals surface area contributed by atoms with Crippen LogP contribution >= 0.6 is 11.6 Å². The van der Waals surface area contributed by atoms with Gasteiger partial charge in [0.05, 0.1) is 6.54 Å². The molecule has 1 rings (SSSR count). The first-order chi connectivity index (χ1) is 9.31. The molecule has 1 aromatic heterocycles. The van der Waals surface area contributed by atoms with Crippen LogP contribution in [0.4, 0.5) is 0 Å². The number of aromatic nitrogens is 1. The van der Waals surface area contributed by atoms with Crippen molar-refractivity contribution in [2.75, 3.05) is 14.1 Å². The van der Waals surface area contributed by atoms with Gasteiger partial charge in [0.15, 0.2) is 5.03 Å². The van der Waals surface area contributed by atoms with Crippen molar-refractivity contribution in [2.45, 2.75) is 13.5 Å². The zero-order chi connectivity index (χ0) is 15.3. The molecule has 1 heterocycles. The summed E-state index contributed by atoms with van der Waals surface area (Å²) in [5, 5.41) is 13.3. The number of hydrogen-bond acceptors (Lipinski definition) is 4. The molecule has 20 heavy (non-hydrogen) atoms. The summed E-state index contributed by atoms with van der Waals surface area (Å²) in [5.74, 6) is -0.424. The molecular weight excluding hydrogens is 286 g/mol. The van der Waals surface area contributed by atoms with Crippen LogP contribution in [0.1, 0.15) is 12.5 Å². The van der Waals surface area contributed by atoms with E-state index >= 15 is 0 Å². The molecule has 0 aliphatic rings. The average Bonchev–Trinajstić information content (AvgIpc) is 2.35. The maximum Gasteiger partial charge on any atom is 0.280 e. The Labute approximate surface area is 120 Å². The van der Waals surface area contributed by atoms with Crippen LogP contribution in [0.3, 0.4) is 0 Å². The molecule has 9 heteroatoms. The molecule has 0 aromatic carbocycles. The molecule has 0 aliphatic heterocycles. The van der Waals surface area contributed by atoms with Crippen molar-refractivity contribution in [3.63, 3.8) is 0 Å². The third-order valence-corrected chi connectivity index (χ3v) is 2.55. The third-order valence-electron chi connectivity index (χ3n) is 2.32. The Balaban J connectivity index is 3.07. The standard InChI is InChI=1S/C11H14ClN5O3/c1-8(18)16(11(15(2)3)14-17(19)20)7-9-4-5-10(12)13-6-9/h4-6H,7H2,1-3H3. The monoisotopic (exact) mass is 299 g/mol. The zero-order valence-corrected chi connectivity index (χ0v) is 12.0. The minimum atomic E-state index is -0.842. The smallest absolute Gasteiger partial charge is 0.280 e. The number of carbonyl (C=O) groups is 1. The van der Waals surface area contributed by atoms with E-state index in [2.05, 4.69) is 10.1 Å². The summed E-state index contributed by atoms with van der Waals surface area (Å²) in [6.45, 7) is 1.42. The fraction of sp³-hybridized carbons (Fsp3) is 0.364. The predicted molar refractivity (Wildman–Crippen MR) is 73.6 cm³/mol. The van der Waals surface area contributed by atoms with Gasteiger partial charge in [-0.25, -0.2) is 15.1 Å². The lowest BCUT2D eigenvalue weighted by Crippen LogP contribution is -2.43. The van der Waals surface area contributed by atoms with Crippen LogP contribution in [-0.4, -0.2) is 45.8 Å². The maximum atomic E-state index is 11.7. The molecule has 0 radical (unpaired) electrons. The van der Waals surface area contributed by atoms with Gasteiger partial charge < -0.3 is 4.90 Å². The molecule has 0 unspecified atom stereocenters. The maximum absolute atomic E-state index is 11.7. The van der Waals surface area contributed by atoms with Gasteiger partial charge in [-0.3, -0.25) is 9.69 Å². The van der Waals surface area contributed by atoms with E-state index in [0.717, 1.165) is 0 Å². The number of halogens is 1. The molecule has 0 bridgehead atoms. The highest BCUT2D eigenvalue weighted by molar-refractivity contribution is 6.29. The Morgan fingerprint density at radius 2 is 2.15 bits per heavy atom. The fourth-order valence-electron chi connectivity index (χ4n) is 1.46. The topological polar surface area (TPSA) is 91.9 Å². The Hall–Kier alpha value is -2.22. The highest BCUT2D eigenvalue weighted by Crippen LogP contribution is 2.10. The SMILES string of the molecule is CC(=O)N(Cc1ccc(Cl)nc1)C(=N[N+](=O)[O-])N(C)C. The van der Waals surface area contributed by atoms with Crippen LogP contribution in [0.2, 0.25) is 5.15 Å². The van der Waals surface area contributed by atoms with Crippen LogP contribution in [0.15, 0.2) is 23.4 Å². The molecule has 0 saturated heterocycles. The summed E-state index contributed by atoms with van der Waals surface area (Å²) in [4.78, 5) is 28.7. The summed E-state index contributed by atoms with van der Waals surface area (Å²) < 4.78 is 0. The van der Waals surface area contributed by atoms with Gasteiger partial charge in [-0.15, -0.1) is 0 Å². The van der Waals surface area contributed by atoms with Crippen molar-refractivity contribution in [1.29, 1.82) is 0 Å². The van der Waals surface area contributed by atoms with Crippen LogP contribution in [0.25, 0.3) is 0 Å². The summed E-state index contributed by atoms with van der Waals surface area (Å²) in [6, 6.07) is 3.26. The summed E-state index contributed by atoms with van der Waals surface area (Å²) >= 11 is 5.68. The first-order valence-corrected chi connectivity index (χ1v) is 5.98. The largest absolute Gasteiger partial charge is 0.343 e. The highest BCUT2D eigenvalue weighted by atomic mass is 35.5. The van der Waals surface area contributed by atoms with E-state index in [1.807, 2.05) is 0 Å². The van der Waals surface area contributed by atoms with Gasteiger partial charge >= 0.3 is 0 Å². The van der Waals surface area contributed by atoms with Crippen molar-refractivity contribution < 1.29 is 9.83 Å². The van der Waals surface area contributed by atoms with Gasteiger partial charge in [0, 0.05) is 27.2 Å². The molecule has 1 amide bonds. The van der Waals surface area contributed by atoms with Crippen molar-refractivity contribution in [3.05, 3.63) is 39.2 Å². The van der Waals surface area contributed by atoms with Crippen LogP contribution < -0.4 is 0 Å². The van der Waals surface area contributed by atoms with E-state index in [0.29, 0.717) is 10.7 Å². The molecule has 0 aliphatic carbocycles. The highest BCUT2D eigenvalue weighted by Gasteiger charge is 2.22. The first kappa shape index (κ1) is 15.8. The lowest BCUT2D eigenvalue weighted by atomic mass is 10.2. The molecule has 0 N–H and O–H groups in total. The molecule has 0 spiro atoms. The first-order valence-electron chi connectivity index (χ1n) is 5.60. The van der Waals surface area contributed by atoms with Crippen LogP contribution in [0.5, 0.6) is 0 Å². The van der Waals surface area contributed by atoms with E-state index in [-0.39, 0.29) is 18.4 Å². The van der Waals surface area contributed by atoms with E-state index in [9.17, 15) is 14.9 Å². The second kappa shape index (κ2) is 6.80. The number of hydrazone groups is 1. The second-order valence-corrected chi connectivity index (χ2v) is 4.51. The number of nitro groups is 1. The van der Waals surface area contributed by atoms with Gasteiger partial charge in [0.25, 0.3) is 5.96 Å². The van der Waals surface area contributed by atoms with E-state index in [1.165, 1.54) is 22.9 Å². The molecule has 0 fully saturated rings. The van der Waals surface area contributed by atoms with Gasteiger partial charge in [-0.1, -0.05) is 17.7 Å². The zero-order valence-electron chi connectivity index (χ0n) is 11.3. The van der Waals surface area contributed by atoms with Crippen molar-refractivity contribution >= 4 is 23.5 Å². The quantitative estimate of drug-likeness (QED) is 0.275.